The van der Waals surface area contributed by atoms with Crippen molar-refractivity contribution in [2.45, 2.75) is 32.4 Å². The number of hydrogen-bond acceptors (Lipinski definition) is 6. The van der Waals surface area contributed by atoms with E-state index < -0.39 is 29.9 Å². The third kappa shape index (κ3) is 7.39. The van der Waals surface area contributed by atoms with E-state index in [4.69, 9.17) is 16.3 Å². The van der Waals surface area contributed by atoms with Crippen LogP contribution >= 0.6 is 23.4 Å². The Bertz CT molecular complexity index is 998. The van der Waals surface area contributed by atoms with Gasteiger partial charge in [0.2, 0.25) is 0 Å². The van der Waals surface area contributed by atoms with Crippen LogP contribution in [0.3, 0.4) is 0 Å². The molecule has 7 nitrogen and oxygen atoms in total. The molecule has 2 atom stereocenters. The third-order valence-electron chi connectivity index (χ3n) is 4.52. The number of anilines is 1. The number of halogens is 1. The smallest absolute Gasteiger partial charge is 0.329 e. The number of Topliss-reactive ketones (excluding diaryl/α,β-unsaturated/α-hetero) is 1. The molecule has 9 heteroatoms. The summed E-state index contributed by atoms with van der Waals surface area (Å²) in [5.41, 5.74) is 1.11. The molecule has 2 aromatic carbocycles. The second kappa shape index (κ2) is 12.3. The van der Waals surface area contributed by atoms with Gasteiger partial charge >= 0.3 is 5.97 Å². The summed E-state index contributed by atoms with van der Waals surface area (Å²) in [7, 11) is 0. The molecule has 2 rings (SSSR count). The van der Waals surface area contributed by atoms with Crippen molar-refractivity contribution in [3.8, 4) is 0 Å². The fourth-order valence-electron chi connectivity index (χ4n) is 2.74. The first-order valence-corrected chi connectivity index (χ1v) is 11.7. The van der Waals surface area contributed by atoms with Crippen molar-refractivity contribution in [1.82, 2.24) is 5.32 Å². The summed E-state index contributed by atoms with van der Waals surface area (Å²) in [6, 6.07) is 12.0. The third-order valence-corrected chi connectivity index (χ3v) is 5.49. The van der Waals surface area contributed by atoms with Crippen molar-refractivity contribution in [2.75, 3.05) is 17.3 Å². The molecular weight excluding hydrogens is 452 g/mol. The van der Waals surface area contributed by atoms with E-state index in [1.807, 2.05) is 6.26 Å². The quantitative estimate of drug-likeness (QED) is 0.397. The normalized spacial score (nSPS) is 12.4. The Morgan fingerprint density at radius 3 is 2.47 bits per heavy atom. The van der Waals surface area contributed by atoms with Crippen molar-refractivity contribution >= 4 is 52.6 Å². The van der Waals surface area contributed by atoms with Gasteiger partial charge in [-0.1, -0.05) is 35.9 Å². The van der Waals surface area contributed by atoms with Crippen LogP contribution in [0.1, 0.15) is 41.0 Å². The van der Waals surface area contributed by atoms with Crippen LogP contribution in [0.5, 0.6) is 0 Å². The Labute approximate surface area is 196 Å². The molecule has 0 aliphatic heterocycles. The zero-order valence-electron chi connectivity index (χ0n) is 18.0. The number of ketones is 1. The van der Waals surface area contributed by atoms with Crippen LogP contribution in [-0.4, -0.2) is 47.7 Å². The van der Waals surface area contributed by atoms with Gasteiger partial charge in [-0.2, -0.15) is 11.8 Å². The van der Waals surface area contributed by atoms with Gasteiger partial charge in [0.1, 0.15) is 6.04 Å². The molecule has 0 bridgehead atoms. The molecule has 0 heterocycles. The number of amides is 2. The molecule has 170 valence electrons. The minimum atomic E-state index is -1.11. The topological polar surface area (TPSA) is 102 Å². The number of nitrogens with one attached hydrogen (secondary N) is 2. The van der Waals surface area contributed by atoms with Crippen molar-refractivity contribution in [3.63, 3.8) is 0 Å². The number of ether oxygens (including phenoxy) is 1. The highest BCUT2D eigenvalue weighted by molar-refractivity contribution is 7.98. The van der Waals surface area contributed by atoms with Crippen molar-refractivity contribution in [2.24, 2.45) is 0 Å². The Kier molecular flexibility index (Phi) is 9.74. The van der Waals surface area contributed by atoms with E-state index in [1.165, 1.54) is 25.6 Å². The summed E-state index contributed by atoms with van der Waals surface area (Å²) < 4.78 is 5.31. The van der Waals surface area contributed by atoms with E-state index in [9.17, 15) is 19.2 Å². The summed E-state index contributed by atoms with van der Waals surface area (Å²) in [6.07, 6.45) is 1.09. The summed E-state index contributed by atoms with van der Waals surface area (Å²) >= 11 is 7.58. The summed E-state index contributed by atoms with van der Waals surface area (Å²) in [4.78, 5) is 49.3. The predicted octanol–water partition coefficient (Wildman–Crippen LogP) is 3.96. The first kappa shape index (κ1) is 25.4. The summed E-state index contributed by atoms with van der Waals surface area (Å²) in [5.74, 6) is -1.32. The SMILES string of the molecule is CSCCC(NC(=O)c1ccccc1Cl)C(=O)OC(C)C(=O)Nc1cccc(C(C)=O)c1. The lowest BCUT2D eigenvalue weighted by atomic mass is 10.1. The number of rotatable bonds is 10. The van der Waals surface area contributed by atoms with E-state index in [0.717, 1.165) is 0 Å². The lowest BCUT2D eigenvalue weighted by Crippen LogP contribution is -2.44. The lowest BCUT2D eigenvalue weighted by molar-refractivity contribution is -0.155. The van der Waals surface area contributed by atoms with Gasteiger partial charge in [-0.3, -0.25) is 14.4 Å². The average Bonchev–Trinajstić information content (AvgIpc) is 2.76. The molecule has 0 aromatic heterocycles. The van der Waals surface area contributed by atoms with Gasteiger partial charge in [-0.05, 0) is 56.5 Å². The van der Waals surface area contributed by atoms with Gasteiger partial charge in [-0.25, -0.2) is 4.79 Å². The van der Waals surface area contributed by atoms with E-state index in [-0.39, 0.29) is 16.4 Å². The van der Waals surface area contributed by atoms with Crippen LogP contribution in [-0.2, 0) is 14.3 Å². The second-order valence-electron chi connectivity index (χ2n) is 6.99. The van der Waals surface area contributed by atoms with E-state index >= 15 is 0 Å². The fraction of sp³-hybridized carbons (Fsp3) is 0.304. The molecule has 0 aliphatic rings. The molecule has 0 aliphatic carbocycles. The molecule has 0 radical (unpaired) electrons. The summed E-state index contributed by atoms with van der Waals surface area (Å²) in [6.45, 7) is 2.86. The van der Waals surface area contributed by atoms with Gasteiger partial charge in [0, 0.05) is 11.3 Å². The number of esters is 1. The molecule has 32 heavy (non-hydrogen) atoms. The number of hydrogen-bond donors (Lipinski definition) is 2. The minimum Gasteiger partial charge on any atom is -0.451 e. The lowest BCUT2D eigenvalue weighted by Gasteiger charge is -2.20. The maximum atomic E-state index is 12.7. The first-order valence-electron chi connectivity index (χ1n) is 9.89. The Hall–Kier alpha value is -2.84. The van der Waals surface area contributed by atoms with Gasteiger partial charge in [0.25, 0.3) is 11.8 Å². The zero-order chi connectivity index (χ0) is 23.7. The van der Waals surface area contributed by atoms with Crippen LogP contribution in [0.4, 0.5) is 5.69 Å². The van der Waals surface area contributed by atoms with Crippen LogP contribution in [0, 0.1) is 0 Å². The van der Waals surface area contributed by atoms with Crippen LogP contribution < -0.4 is 10.6 Å². The molecular formula is C23H25ClN2O5S. The minimum absolute atomic E-state index is 0.133. The fourth-order valence-corrected chi connectivity index (χ4v) is 3.43. The van der Waals surface area contributed by atoms with Gasteiger partial charge < -0.3 is 15.4 Å². The van der Waals surface area contributed by atoms with Crippen molar-refractivity contribution < 1.29 is 23.9 Å². The monoisotopic (exact) mass is 476 g/mol. The van der Waals surface area contributed by atoms with Gasteiger partial charge in [0.05, 0.1) is 10.6 Å². The maximum absolute atomic E-state index is 12.7. The highest BCUT2D eigenvalue weighted by Crippen LogP contribution is 2.16. The molecule has 0 saturated heterocycles. The average molecular weight is 477 g/mol. The Morgan fingerprint density at radius 1 is 1.09 bits per heavy atom. The van der Waals surface area contributed by atoms with Crippen LogP contribution in [0.2, 0.25) is 5.02 Å². The molecule has 0 fully saturated rings. The van der Waals surface area contributed by atoms with Crippen molar-refractivity contribution in [3.05, 3.63) is 64.7 Å². The Morgan fingerprint density at radius 2 is 1.81 bits per heavy atom. The number of carbonyl (C=O) groups excluding carboxylic acids is 4. The highest BCUT2D eigenvalue weighted by Gasteiger charge is 2.27. The molecule has 0 spiro atoms. The second-order valence-corrected chi connectivity index (χ2v) is 8.39. The predicted molar refractivity (Wildman–Crippen MR) is 126 cm³/mol. The Balaban J connectivity index is 2.03. The maximum Gasteiger partial charge on any atom is 0.329 e. The first-order chi connectivity index (χ1) is 15.2. The molecule has 2 aromatic rings. The van der Waals surface area contributed by atoms with Crippen LogP contribution in [0.15, 0.2) is 48.5 Å². The van der Waals surface area contributed by atoms with Crippen LogP contribution in [0.25, 0.3) is 0 Å². The molecule has 2 N–H and O–H groups in total. The molecule has 2 amide bonds. The van der Waals surface area contributed by atoms with Crippen molar-refractivity contribution in [1.29, 1.82) is 0 Å². The highest BCUT2D eigenvalue weighted by atomic mass is 35.5. The zero-order valence-corrected chi connectivity index (χ0v) is 19.6. The van der Waals surface area contributed by atoms with E-state index in [0.29, 0.717) is 23.4 Å². The van der Waals surface area contributed by atoms with E-state index in [2.05, 4.69) is 10.6 Å². The van der Waals surface area contributed by atoms with Gasteiger partial charge in [-0.15, -0.1) is 0 Å². The number of carbonyl (C=O) groups is 4. The molecule has 2 unspecified atom stereocenters. The standard InChI is InChI=1S/C23H25ClN2O5S/c1-14(27)16-7-6-8-17(13-16)25-21(28)15(2)31-23(30)20(11-12-32-3)26-22(29)18-9-4-5-10-19(18)24/h4-10,13,15,20H,11-12H2,1-3H3,(H,25,28)(H,26,29). The number of thioether (sulfide) groups is 1. The molecule has 0 saturated carbocycles. The largest absolute Gasteiger partial charge is 0.451 e. The summed E-state index contributed by atoms with van der Waals surface area (Å²) in [5, 5.41) is 5.53. The number of benzene rings is 2. The van der Waals surface area contributed by atoms with E-state index in [1.54, 1.807) is 48.5 Å². The van der Waals surface area contributed by atoms with Gasteiger partial charge in [0.15, 0.2) is 11.9 Å².